The number of hydrogen-bond acceptors (Lipinski definition) is 8. The van der Waals surface area contributed by atoms with Crippen LogP contribution in [0.15, 0.2) is 24.3 Å². The number of aliphatic hydroxyl groups is 4. The minimum absolute atomic E-state index is 0.208. The van der Waals surface area contributed by atoms with Crippen LogP contribution in [0.25, 0.3) is 0 Å². The topological polar surface area (TPSA) is 149 Å². The lowest BCUT2D eigenvalue weighted by atomic mass is 9.99. The van der Waals surface area contributed by atoms with E-state index >= 15 is 0 Å². The Morgan fingerprint density at radius 2 is 2.00 bits per heavy atom. The zero-order valence-corrected chi connectivity index (χ0v) is 12.9. The molecule has 2 unspecified atom stereocenters. The first kappa shape index (κ1) is 18.6. The van der Waals surface area contributed by atoms with Gasteiger partial charge >= 0.3 is 5.97 Å². The summed E-state index contributed by atoms with van der Waals surface area (Å²) in [6, 6.07) is 6.31. The monoisotopic (exact) mass is 343 g/mol. The highest BCUT2D eigenvalue weighted by Gasteiger charge is 2.48. The van der Waals surface area contributed by atoms with Gasteiger partial charge in [0.2, 0.25) is 6.29 Å². The Kier molecular flexibility index (Phi) is 6.10. The fraction of sp³-hybridized carbons (Fsp3) is 0.533. The molecule has 1 aromatic rings. The number of aliphatic hydroxyl groups excluding tert-OH is 4. The van der Waals surface area contributed by atoms with Gasteiger partial charge in [-0.15, -0.1) is 0 Å². The third-order valence-corrected chi connectivity index (χ3v) is 3.71. The summed E-state index contributed by atoms with van der Waals surface area (Å²) < 4.78 is 10.4. The van der Waals surface area contributed by atoms with Crippen molar-refractivity contribution in [2.75, 3.05) is 13.6 Å². The fourth-order valence-corrected chi connectivity index (χ4v) is 2.39. The predicted molar refractivity (Wildman–Crippen MR) is 80.3 cm³/mol. The minimum atomic E-state index is -1.78. The van der Waals surface area contributed by atoms with E-state index in [0.29, 0.717) is 12.1 Å². The predicted octanol–water partition coefficient (Wildman–Crippen LogP) is -1.79. The van der Waals surface area contributed by atoms with E-state index in [0.717, 1.165) is 0 Å². The Bertz CT molecular complexity index is 568. The molecule has 1 aliphatic heterocycles. The van der Waals surface area contributed by atoms with Crippen LogP contribution >= 0.6 is 0 Å². The van der Waals surface area contributed by atoms with Crippen molar-refractivity contribution in [1.82, 2.24) is 5.32 Å². The summed E-state index contributed by atoms with van der Waals surface area (Å²) in [5.41, 5.74) is 0.544. The van der Waals surface area contributed by atoms with Gasteiger partial charge in [0, 0.05) is 6.54 Å². The van der Waals surface area contributed by atoms with Gasteiger partial charge in [-0.3, -0.25) is 0 Å². The lowest BCUT2D eigenvalue weighted by Crippen LogP contribution is -2.61. The molecule has 1 fully saturated rings. The molecule has 9 heteroatoms. The number of likely N-dealkylation sites (N-methyl/N-ethyl adjacent to an activating group) is 1. The normalized spacial score (nSPS) is 31.5. The smallest absolute Gasteiger partial charge is 0.335 e. The number of rotatable bonds is 6. The molecule has 0 radical (unpaired) electrons. The van der Waals surface area contributed by atoms with E-state index in [-0.39, 0.29) is 5.75 Å². The average Bonchev–Trinajstić information content (AvgIpc) is 2.55. The van der Waals surface area contributed by atoms with Crippen molar-refractivity contribution in [3.63, 3.8) is 0 Å². The van der Waals surface area contributed by atoms with E-state index < -0.39 is 42.8 Å². The number of aliphatic carboxylic acids is 1. The number of benzene rings is 1. The summed E-state index contributed by atoms with van der Waals surface area (Å²) >= 11 is 0. The van der Waals surface area contributed by atoms with E-state index in [1.165, 1.54) is 12.1 Å². The summed E-state index contributed by atoms with van der Waals surface area (Å²) in [5, 5.41) is 51.1. The van der Waals surface area contributed by atoms with Gasteiger partial charge in [-0.1, -0.05) is 12.1 Å². The Morgan fingerprint density at radius 1 is 1.29 bits per heavy atom. The Hall–Kier alpha value is -1.75. The van der Waals surface area contributed by atoms with Crippen molar-refractivity contribution >= 4 is 5.97 Å². The Morgan fingerprint density at radius 3 is 2.62 bits per heavy atom. The molecule has 1 heterocycles. The van der Waals surface area contributed by atoms with Gasteiger partial charge < -0.3 is 40.3 Å². The van der Waals surface area contributed by atoms with Crippen LogP contribution < -0.4 is 10.1 Å². The first-order valence-electron chi connectivity index (χ1n) is 7.37. The van der Waals surface area contributed by atoms with Crippen molar-refractivity contribution in [3.05, 3.63) is 29.8 Å². The van der Waals surface area contributed by atoms with Crippen LogP contribution in [0.5, 0.6) is 5.75 Å². The van der Waals surface area contributed by atoms with Gasteiger partial charge in [0.15, 0.2) is 6.10 Å². The molecule has 134 valence electrons. The van der Waals surface area contributed by atoms with Gasteiger partial charge in [-0.25, -0.2) is 4.79 Å². The first-order chi connectivity index (χ1) is 11.3. The second-order valence-electron chi connectivity index (χ2n) is 5.50. The molecule has 6 N–H and O–H groups in total. The molecule has 0 spiro atoms. The highest BCUT2D eigenvalue weighted by Crippen LogP contribution is 2.26. The van der Waals surface area contributed by atoms with E-state index in [2.05, 4.69) is 5.32 Å². The van der Waals surface area contributed by atoms with Crippen LogP contribution in [0.1, 0.15) is 11.7 Å². The average molecular weight is 343 g/mol. The molecule has 1 saturated heterocycles. The van der Waals surface area contributed by atoms with Gasteiger partial charge in [0.1, 0.15) is 24.1 Å². The van der Waals surface area contributed by atoms with Crippen molar-refractivity contribution in [1.29, 1.82) is 0 Å². The molecule has 0 bridgehead atoms. The quantitative estimate of drug-likeness (QED) is 0.352. The zero-order valence-electron chi connectivity index (χ0n) is 12.9. The lowest BCUT2D eigenvalue weighted by Gasteiger charge is -2.38. The van der Waals surface area contributed by atoms with E-state index in [1.54, 1.807) is 19.2 Å². The molecule has 0 amide bonds. The number of carbonyl (C=O) groups is 1. The number of hydrogen-bond donors (Lipinski definition) is 6. The van der Waals surface area contributed by atoms with Crippen molar-refractivity contribution in [3.8, 4) is 5.75 Å². The highest BCUT2D eigenvalue weighted by molar-refractivity contribution is 5.73. The molecular formula is C15H21NO8. The van der Waals surface area contributed by atoms with Crippen LogP contribution in [0.3, 0.4) is 0 Å². The van der Waals surface area contributed by atoms with Crippen molar-refractivity contribution in [2.45, 2.75) is 36.8 Å². The number of ether oxygens (including phenoxy) is 2. The molecule has 0 saturated carbocycles. The fourth-order valence-electron chi connectivity index (χ4n) is 2.39. The van der Waals surface area contributed by atoms with E-state index in [9.17, 15) is 25.2 Å². The van der Waals surface area contributed by atoms with Crippen LogP contribution in [-0.2, 0) is 9.53 Å². The van der Waals surface area contributed by atoms with Crippen LogP contribution in [-0.4, -0.2) is 75.8 Å². The lowest BCUT2D eigenvalue weighted by molar-refractivity contribution is -0.271. The van der Waals surface area contributed by atoms with Crippen LogP contribution in [0, 0.1) is 0 Å². The molecule has 1 aromatic carbocycles. The number of carboxylic acid groups (broad SMARTS) is 1. The molecule has 0 aromatic heterocycles. The maximum absolute atomic E-state index is 11.1. The zero-order chi connectivity index (χ0) is 17.9. The van der Waals surface area contributed by atoms with Crippen LogP contribution in [0.4, 0.5) is 0 Å². The summed E-state index contributed by atoms with van der Waals surface area (Å²) in [6.45, 7) is 0.317. The first-order valence-corrected chi connectivity index (χ1v) is 7.37. The highest BCUT2D eigenvalue weighted by atomic mass is 16.7. The van der Waals surface area contributed by atoms with Crippen molar-refractivity contribution < 1.29 is 39.8 Å². The third kappa shape index (κ3) is 4.01. The molecule has 1 aliphatic rings. The van der Waals surface area contributed by atoms with Gasteiger partial charge in [-0.2, -0.15) is 0 Å². The second kappa shape index (κ2) is 7.88. The largest absolute Gasteiger partial charge is 0.479 e. The second-order valence-corrected chi connectivity index (χ2v) is 5.50. The SMILES string of the molecule is CNCC(O)c1cccc(O[C@@H]2OC(C(=O)O)[C@@H](O)[C@H](O)[C@@H]2O)c1. The molecule has 2 rings (SSSR count). The summed E-state index contributed by atoms with van der Waals surface area (Å²) in [6.07, 6.45) is -9.15. The summed E-state index contributed by atoms with van der Waals surface area (Å²) in [7, 11) is 1.69. The van der Waals surface area contributed by atoms with Gasteiger partial charge in [0.05, 0.1) is 6.10 Å². The third-order valence-electron chi connectivity index (χ3n) is 3.71. The van der Waals surface area contributed by atoms with E-state index in [4.69, 9.17) is 14.6 Å². The Balaban J connectivity index is 2.14. The maximum Gasteiger partial charge on any atom is 0.335 e. The molecule has 9 nitrogen and oxygen atoms in total. The molecule has 0 aliphatic carbocycles. The standard InChI is InChI=1S/C15H21NO8/c1-16-6-9(17)7-3-2-4-8(5-7)23-15-12(20)10(18)11(19)13(24-15)14(21)22/h2-5,9-13,15-20H,6H2,1H3,(H,21,22)/t9?,10-,11-,12-,13?,15+/m0/s1. The van der Waals surface area contributed by atoms with Crippen LogP contribution in [0.2, 0.25) is 0 Å². The summed E-state index contributed by atoms with van der Waals surface area (Å²) in [5.74, 6) is -1.28. The maximum atomic E-state index is 11.1. The number of nitrogens with one attached hydrogen (secondary N) is 1. The van der Waals surface area contributed by atoms with E-state index in [1.807, 2.05) is 0 Å². The summed E-state index contributed by atoms with van der Waals surface area (Å²) in [4.78, 5) is 11.1. The molecular weight excluding hydrogens is 322 g/mol. The van der Waals surface area contributed by atoms with Gasteiger partial charge in [-0.05, 0) is 24.7 Å². The number of carboxylic acids is 1. The molecule has 24 heavy (non-hydrogen) atoms. The minimum Gasteiger partial charge on any atom is -0.479 e. The Labute approximate surface area is 138 Å². The molecule has 6 atom stereocenters. The van der Waals surface area contributed by atoms with Gasteiger partial charge in [0.25, 0.3) is 0 Å². The van der Waals surface area contributed by atoms with Crippen molar-refractivity contribution in [2.24, 2.45) is 0 Å².